The molecular weight excluding hydrogens is 332 g/mol. The summed E-state index contributed by atoms with van der Waals surface area (Å²) in [4.78, 5) is 26.1. The highest BCUT2D eigenvalue weighted by Crippen LogP contribution is 2.18. The molecule has 1 fully saturated rings. The molecule has 6 heteroatoms. The van der Waals surface area contributed by atoms with Crippen LogP contribution in [0.2, 0.25) is 0 Å². The molecule has 1 atom stereocenters. The van der Waals surface area contributed by atoms with Gasteiger partial charge in [-0.25, -0.2) is 9.59 Å². The van der Waals surface area contributed by atoms with Crippen molar-refractivity contribution in [3.05, 3.63) is 48.0 Å². The van der Waals surface area contributed by atoms with Crippen molar-refractivity contribution >= 4 is 12.2 Å². The molecule has 1 aliphatic heterocycles. The van der Waals surface area contributed by atoms with Gasteiger partial charge in [0.05, 0.1) is 6.04 Å². The smallest absolute Gasteiger partial charge is 0.410 e. The maximum atomic E-state index is 12.4. The molecule has 26 heavy (non-hydrogen) atoms. The number of amides is 2. The lowest BCUT2D eigenvalue weighted by molar-refractivity contribution is 0.0255. The normalized spacial score (nSPS) is 18.0. The van der Waals surface area contributed by atoms with Gasteiger partial charge in [-0.15, -0.1) is 0 Å². The van der Waals surface area contributed by atoms with Crippen molar-refractivity contribution < 1.29 is 19.1 Å². The van der Waals surface area contributed by atoms with E-state index in [0.29, 0.717) is 19.5 Å². The molecule has 1 unspecified atom stereocenters. The lowest BCUT2D eigenvalue weighted by atomic mass is 10.1. The molecule has 0 aromatic heterocycles. The van der Waals surface area contributed by atoms with Crippen LogP contribution in [-0.4, -0.2) is 41.8 Å². The minimum absolute atomic E-state index is 0.204. The maximum absolute atomic E-state index is 12.4. The molecule has 1 aromatic carbocycles. The van der Waals surface area contributed by atoms with Crippen LogP contribution in [0.3, 0.4) is 0 Å². The predicted octanol–water partition coefficient (Wildman–Crippen LogP) is 3.87. The van der Waals surface area contributed by atoms with Crippen LogP contribution in [0, 0.1) is 0 Å². The van der Waals surface area contributed by atoms with E-state index in [1.54, 1.807) is 4.90 Å². The van der Waals surface area contributed by atoms with Gasteiger partial charge in [0.1, 0.15) is 12.2 Å². The zero-order valence-electron chi connectivity index (χ0n) is 15.8. The van der Waals surface area contributed by atoms with Crippen LogP contribution in [0.25, 0.3) is 0 Å². The first-order valence-corrected chi connectivity index (χ1v) is 8.85. The molecule has 6 nitrogen and oxygen atoms in total. The van der Waals surface area contributed by atoms with Gasteiger partial charge in [0, 0.05) is 13.1 Å². The number of hydrogen-bond donors (Lipinski definition) is 1. The molecule has 2 amide bonds. The lowest BCUT2D eigenvalue weighted by Crippen LogP contribution is -2.46. The number of alkyl carbamates (subject to hydrolysis) is 1. The third kappa shape index (κ3) is 6.78. The van der Waals surface area contributed by atoms with Crippen LogP contribution in [0.4, 0.5) is 9.59 Å². The van der Waals surface area contributed by atoms with E-state index in [9.17, 15) is 9.59 Å². The van der Waals surface area contributed by atoms with E-state index in [0.717, 1.165) is 17.6 Å². The number of rotatable bonds is 3. The van der Waals surface area contributed by atoms with Crippen LogP contribution in [0.15, 0.2) is 42.5 Å². The Morgan fingerprint density at radius 1 is 1.27 bits per heavy atom. The fourth-order valence-corrected chi connectivity index (χ4v) is 2.66. The number of carbonyl (C=O) groups is 2. The quantitative estimate of drug-likeness (QED) is 0.831. The standard InChI is InChI=1S/C20H28N2O4/c1-15-10-11-17(13-22(12-15)19(24)26-20(2,3)4)21-18(23)25-14-16-8-6-5-7-9-16/h5-9,17H,1,10-14H2,2-4H3,(H,21,23). The van der Waals surface area contributed by atoms with Crippen molar-refractivity contribution in [2.45, 2.75) is 51.9 Å². The molecule has 0 saturated carbocycles. The van der Waals surface area contributed by atoms with E-state index in [1.165, 1.54) is 0 Å². The van der Waals surface area contributed by atoms with Crippen molar-refractivity contribution in [3.63, 3.8) is 0 Å². The van der Waals surface area contributed by atoms with Crippen LogP contribution >= 0.6 is 0 Å². The summed E-state index contributed by atoms with van der Waals surface area (Å²) >= 11 is 0. The molecule has 1 N–H and O–H groups in total. The minimum Gasteiger partial charge on any atom is -0.445 e. The molecule has 2 rings (SSSR count). The first-order chi connectivity index (χ1) is 12.2. The zero-order chi connectivity index (χ0) is 19.2. The molecule has 142 valence electrons. The molecular formula is C20H28N2O4. The Hall–Kier alpha value is -2.50. The molecule has 0 bridgehead atoms. The molecule has 1 aromatic rings. The van der Waals surface area contributed by atoms with Gasteiger partial charge in [0.25, 0.3) is 0 Å². The summed E-state index contributed by atoms with van der Waals surface area (Å²) in [5, 5.41) is 2.85. The van der Waals surface area contributed by atoms with Gasteiger partial charge in [-0.05, 0) is 39.2 Å². The van der Waals surface area contributed by atoms with Crippen LogP contribution in [-0.2, 0) is 16.1 Å². The van der Waals surface area contributed by atoms with Gasteiger partial charge < -0.3 is 19.7 Å². The second-order valence-electron chi connectivity index (χ2n) is 7.55. The fourth-order valence-electron chi connectivity index (χ4n) is 2.66. The van der Waals surface area contributed by atoms with Gasteiger partial charge in [0.2, 0.25) is 0 Å². The van der Waals surface area contributed by atoms with E-state index in [1.807, 2.05) is 51.1 Å². The maximum Gasteiger partial charge on any atom is 0.410 e. The molecule has 1 saturated heterocycles. The van der Waals surface area contributed by atoms with Crippen molar-refractivity contribution in [2.75, 3.05) is 13.1 Å². The SMILES string of the molecule is C=C1CCC(NC(=O)OCc2ccccc2)CN(C(=O)OC(C)(C)C)C1. The van der Waals surface area contributed by atoms with E-state index in [4.69, 9.17) is 9.47 Å². The lowest BCUT2D eigenvalue weighted by Gasteiger charge is -2.28. The molecule has 0 spiro atoms. The molecule has 1 aliphatic rings. The summed E-state index contributed by atoms with van der Waals surface area (Å²) in [6.45, 7) is 10.5. The number of hydrogen-bond acceptors (Lipinski definition) is 4. The number of likely N-dealkylation sites (tertiary alicyclic amines) is 1. The monoisotopic (exact) mass is 360 g/mol. The van der Waals surface area contributed by atoms with Gasteiger partial charge >= 0.3 is 12.2 Å². The van der Waals surface area contributed by atoms with Crippen molar-refractivity contribution in [1.82, 2.24) is 10.2 Å². The largest absolute Gasteiger partial charge is 0.445 e. The van der Waals surface area contributed by atoms with Crippen LogP contribution in [0.1, 0.15) is 39.2 Å². The highest BCUT2D eigenvalue weighted by Gasteiger charge is 2.28. The predicted molar refractivity (Wildman–Crippen MR) is 99.7 cm³/mol. The van der Waals surface area contributed by atoms with Crippen LogP contribution in [0.5, 0.6) is 0 Å². The first kappa shape index (κ1) is 19.8. The van der Waals surface area contributed by atoms with Gasteiger partial charge in [-0.1, -0.05) is 42.5 Å². The highest BCUT2D eigenvalue weighted by atomic mass is 16.6. The topological polar surface area (TPSA) is 67.9 Å². The third-order valence-electron chi connectivity index (χ3n) is 3.89. The summed E-state index contributed by atoms with van der Waals surface area (Å²) in [5.41, 5.74) is 1.30. The first-order valence-electron chi connectivity index (χ1n) is 8.85. The fraction of sp³-hybridized carbons (Fsp3) is 0.500. The summed E-state index contributed by atoms with van der Waals surface area (Å²) in [6, 6.07) is 9.29. The molecule has 0 radical (unpaired) electrons. The Labute approximate surface area is 155 Å². The number of carbonyl (C=O) groups excluding carboxylic acids is 2. The second kappa shape index (κ2) is 8.74. The van der Waals surface area contributed by atoms with Crippen molar-refractivity contribution in [2.24, 2.45) is 0 Å². The summed E-state index contributed by atoms with van der Waals surface area (Å²) in [7, 11) is 0. The highest BCUT2D eigenvalue weighted by molar-refractivity contribution is 5.70. The zero-order valence-corrected chi connectivity index (χ0v) is 15.8. The molecule has 1 heterocycles. The minimum atomic E-state index is -0.567. The Morgan fingerprint density at radius 2 is 1.96 bits per heavy atom. The summed E-state index contributed by atoms with van der Waals surface area (Å²) in [6.07, 6.45) is 0.558. The van der Waals surface area contributed by atoms with Gasteiger partial charge in [-0.3, -0.25) is 0 Å². The van der Waals surface area contributed by atoms with E-state index in [-0.39, 0.29) is 12.6 Å². The number of nitrogens with one attached hydrogen (secondary N) is 1. The average molecular weight is 360 g/mol. The van der Waals surface area contributed by atoms with Crippen LogP contribution < -0.4 is 5.32 Å². The third-order valence-corrected chi connectivity index (χ3v) is 3.89. The summed E-state index contributed by atoms with van der Waals surface area (Å²) in [5.74, 6) is 0. The van der Waals surface area contributed by atoms with Gasteiger partial charge in [-0.2, -0.15) is 0 Å². The Kier molecular flexibility index (Phi) is 6.66. The summed E-state index contributed by atoms with van der Waals surface area (Å²) < 4.78 is 10.7. The Morgan fingerprint density at radius 3 is 2.62 bits per heavy atom. The number of nitrogens with zero attached hydrogens (tertiary/aromatic N) is 1. The Bertz CT molecular complexity index is 637. The van der Waals surface area contributed by atoms with E-state index in [2.05, 4.69) is 11.9 Å². The van der Waals surface area contributed by atoms with Crippen molar-refractivity contribution in [3.8, 4) is 0 Å². The van der Waals surface area contributed by atoms with E-state index >= 15 is 0 Å². The molecule has 0 aliphatic carbocycles. The number of ether oxygens (including phenoxy) is 2. The van der Waals surface area contributed by atoms with Gasteiger partial charge in [0.15, 0.2) is 0 Å². The van der Waals surface area contributed by atoms with E-state index < -0.39 is 17.8 Å². The second-order valence-corrected chi connectivity index (χ2v) is 7.55. The average Bonchev–Trinajstić information content (AvgIpc) is 2.74. The number of benzene rings is 1. The van der Waals surface area contributed by atoms with Crippen molar-refractivity contribution in [1.29, 1.82) is 0 Å². The Balaban J connectivity index is 1.89.